The molecule has 7 amide bonds. The van der Waals surface area contributed by atoms with Gasteiger partial charge in [-0.25, -0.2) is 9.79 Å². The number of nitrogens with two attached hydrogens (primary N) is 2. The molecule has 1 aliphatic rings. The van der Waals surface area contributed by atoms with Crippen LogP contribution >= 0.6 is 0 Å². The van der Waals surface area contributed by atoms with Crippen molar-refractivity contribution < 1.29 is 38.3 Å². The number of amides is 7. The van der Waals surface area contributed by atoms with Crippen LogP contribution in [0.5, 0.6) is 0 Å². The number of hydrogen-bond donors (Lipinski definition) is 7. The maximum absolute atomic E-state index is 13.4. The van der Waals surface area contributed by atoms with Gasteiger partial charge in [0.1, 0.15) is 18.2 Å². The molecule has 9 N–H and O–H groups in total. The van der Waals surface area contributed by atoms with Gasteiger partial charge in [-0.05, 0) is 74.1 Å². The summed E-state index contributed by atoms with van der Waals surface area (Å²) in [5.41, 5.74) is 17.7. The van der Waals surface area contributed by atoms with Gasteiger partial charge >= 0.3 is 6.03 Å². The molecule has 1 atom stereocenters. The number of nitrogens with zero attached hydrogens (tertiary/aromatic N) is 3. The van der Waals surface area contributed by atoms with Gasteiger partial charge in [0.15, 0.2) is 0 Å². The minimum absolute atomic E-state index is 0.149. The molecule has 0 aliphatic carbocycles. The van der Waals surface area contributed by atoms with E-state index in [-0.39, 0.29) is 50.3 Å². The molecule has 18 heteroatoms. The van der Waals surface area contributed by atoms with Gasteiger partial charge in [-0.1, -0.05) is 56.0 Å². The first-order valence-corrected chi connectivity index (χ1v) is 22.2. The molecule has 3 aromatic rings. The van der Waals surface area contributed by atoms with Gasteiger partial charge in [0.05, 0.1) is 30.8 Å². The van der Waals surface area contributed by atoms with Crippen molar-refractivity contribution in [2.45, 2.75) is 96.8 Å². The molecule has 1 unspecified atom stereocenters. The number of nitrogens with one attached hydrogen (secondary N) is 5. The van der Waals surface area contributed by atoms with Crippen LogP contribution in [0.3, 0.4) is 0 Å². The summed E-state index contributed by atoms with van der Waals surface area (Å²) < 4.78 is 6.09. The van der Waals surface area contributed by atoms with Crippen molar-refractivity contribution >= 4 is 71.3 Å². The number of hydrogen-bond acceptors (Lipinski definition) is 11. The van der Waals surface area contributed by atoms with Crippen LogP contribution in [0.25, 0.3) is 6.08 Å². The Hall–Kier alpha value is -7.21. The van der Waals surface area contributed by atoms with Crippen LogP contribution in [0, 0.1) is 0 Å². The number of likely N-dealkylation sites (N-methyl/N-ethyl adjacent to an activating group) is 1. The molecular weight excluding hydrogens is 845 g/mol. The van der Waals surface area contributed by atoms with Gasteiger partial charge < -0.3 is 47.7 Å². The van der Waals surface area contributed by atoms with Gasteiger partial charge in [0.2, 0.25) is 24.1 Å². The van der Waals surface area contributed by atoms with Crippen molar-refractivity contribution in [2.75, 3.05) is 37.3 Å². The fraction of sp³-hybridized carbons (Fsp3) is 0.396. The second-order valence-electron chi connectivity index (χ2n) is 15.9. The van der Waals surface area contributed by atoms with E-state index in [0.29, 0.717) is 85.6 Å². The van der Waals surface area contributed by atoms with E-state index in [9.17, 15) is 33.6 Å². The first-order valence-electron chi connectivity index (χ1n) is 22.2. The van der Waals surface area contributed by atoms with Gasteiger partial charge in [0, 0.05) is 80.1 Å². The Kier molecular flexibility index (Phi) is 21.7. The Morgan fingerprint density at radius 3 is 2.44 bits per heavy atom. The Morgan fingerprint density at radius 1 is 0.909 bits per heavy atom. The fourth-order valence-electron chi connectivity index (χ4n) is 7.09. The second kappa shape index (κ2) is 27.9. The Balaban J connectivity index is 1.32. The second-order valence-corrected chi connectivity index (χ2v) is 15.9. The van der Waals surface area contributed by atoms with Crippen LogP contribution in [0.15, 0.2) is 77.4 Å². The number of fused-ring (bicyclic) bond motifs is 1. The zero-order valence-corrected chi connectivity index (χ0v) is 37.7. The van der Waals surface area contributed by atoms with Crippen molar-refractivity contribution in [2.24, 2.45) is 16.5 Å². The number of ether oxygens (including phenoxy) is 1. The molecule has 352 valence electrons. The van der Waals surface area contributed by atoms with E-state index in [1.807, 2.05) is 6.07 Å². The number of primary amides is 1. The lowest BCUT2D eigenvalue weighted by atomic mass is 10.0. The summed E-state index contributed by atoms with van der Waals surface area (Å²) in [6.45, 7) is 3.59. The molecule has 0 fully saturated rings. The maximum Gasteiger partial charge on any atom is 0.312 e. The molecule has 2 heterocycles. The van der Waals surface area contributed by atoms with Crippen LogP contribution in [0.4, 0.5) is 21.9 Å². The third-order valence-corrected chi connectivity index (χ3v) is 10.5. The highest BCUT2D eigenvalue weighted by Crippen LogP contribution is 2.29. The zero-order valence-electron chi connectivity index (χ0n) is 37.7. The van der Waals surface area contributed by atoms with Gasteiger partial charge in [0.25, 0.3) is 5.91 Å². The topological polar surface area (TPSA) is 269 Å². The van der Waals surface area contributed by atoms with Gasteiger partial charge in [-0.3, -0.25) is 33.8 Å². The van der Waals surface area contributed by atoms with E-state index in [4.69, 9.17) is 16.2 Å². The van der Waals surface area contributed by atoms with Crippen LogP contribution in [0.1, 0.15) is 104 Å². The number of aromatic nitrogens is 1. The van der Waals surface area contributed by atoms with Crippen molar-refractivity contribution in [3.8, 4) is 0 Å². The number of benzene rings is 2. The number of aldehydes is 1. The molecule has 18 nitrogen and oxygen atoms in total. The molecule has 4 rings (SSSR count). The van der Waals surface area contributed by atoms with E-state index < -0.39 is 18.0 Å². The molecule has 1 aromatic heterocycles. The lowest BCUT2D eigenvalue weighted by Crippen LogP contribution is -2.44. The molecule has 0 saturated heterocycles. The SMILES string of the molecule is CCCC1=Cc2ccc(C(=O)Nc3cnc(CCNC=O)c(COCc4ccc(NC(=O)C(CCCNC(N)=O)NC(=O)CCCCCCN(C)C(=O)/C=C\C=O)cc4)c3)cc2N=C(N)C1. The van der Waals surface area contributed by atoms with E-state index in [2.05, 4.69) is 49.6 Å². The fourth-order valence-corrected chi connectivity index (χ4v) is 7.09. The van der Waals surface area contributed by atoms with Crippen molar-refractivity contribution in [1.82, 2.24) is 25.8 Å². The van der Waals surface area contributed by atoms with E-state index in [1.54, 1.807) is 55.7 Å². The summed E-state index contributed by atoms with van der Waals surface area (Å²) in [5, 5.41) is 13.8. The van der Waals surface area contributed by atoms with Crippen molar-refractivity contribution in [1.29, 1.82) is 0 Å². The lowest BCUT2D eigenvalue weighted by Gasteiger charge is -2.19. The van der Waals surface area contributed by atoms with Gasteiger partial charge in [-0.15, -0.1) is 0 Å². The first-order chi connectivity index (χ1) is 31.9. The molecule has 0 radical (unpaired) electrons. The number of rotatable bonds is 28. The summed E-state index contributed by atoms with van der Waals surface area (Å²) >= 11 is 0. The minimum Gasteiger partial charge on any atom is -0.387 e. The smallest absolute Gasteiger partial charge is 0.312 e. The predicted octanol–water partition coefficient (Wildman–Crippen LogP) is 4.95. The monoisotopic (exact) mass is 906 g/mol. The zero-order chi connectivity index (χ0) is 47.7. The number of carbonyl (C=O) groups is 7. The van der Waals surface area contributed by atoms with Crippen LogP contribution in [-0.2, 0) is 48.3 Å². The predicted molar refractivity (Wildman–Crippen MR) is 253 cm³/mol. The molecule has 1 aliphatic heterocycles. The highest BCUT2D eigenvalue weighted by Gasteiger charge is 2.21. The summed E-state index contributed by atoms with van der Waals surface area (Å²) in [6, 6.07) is 12.6. The summed E-state index contributed by atoms with van der Waals surface area (Å²) in [4.78, 5) is 94.9. The first kappa shape index (κ1) is 51.4. The molecule has 0 bridgehead atoms. The number of carbonyl (C=O) groups excluding carboxylic acids is 7. The van der Waals surface area contributed by atoms with Crippen molar-refractivity contribution in [3.63, 3.8) is 0 Å². The average Bonchev–Trinajstić information content (AvgIpc) is 3.45. The number of amidine groups is 1. The molecule has 0 spiro atoms. The van der Waals surface area contributed by atoms with Gasteiger partial charge in [-0.2, -0.15) is 0 Å². The summed E-state index contributed by atoms with van der Waals surface area (Å²) in [7, 11) is 1.66. The Labute approximate surface area is 385 Å². The Morgan fingerprint density at radius 2 is 1.70 bits per heavy atom. The third-order valence-electron chi connectivity index (χ3n) is 10.5. The van der Waals surface area contributed by atoms with Crippen LogP contribution in [-0.4, -0.2) is 90.8 Å². The molecule has 66 heavy (non-hydrogen) atoms. The molecule has 0 saturated carbocycles. The standard InChI is InChI=1S/C48H62N10O8/c1-3-10-34-25-35-16-17-36(28-42(35)56-43(49)26-34)46(63)55-39-27-37(40(53-29-39)20-22-51-32-60)31-66-30-33-14-18-38(19-15-33)54-47(64)41(11-8-21-52-48(50)65)57-44(61)12-6-4-5-7-23-58(2)45(62)13-9-24-59/h9,13-19,24-25,27-29,32,41H,3-8,10-12,20-23,26,30-31H2,1-2H3,(H2,49,56)(H,51,60)(H,54,64)(H,55,63)(H,57,61)(H3,50,52,65)/b13-9-. The van der Waals surface area contributed by atoms with E-state index >= 15 is 0 Å². The number of aliphatic imine (C=N–C) groups is 1. The largest absolute Gasteiger partial charge is 0.387 e. The molecule has 2 aromatic carbocycles. The highest BCUT2D eigenvalue weighted by molar-refractivity contribution is 6.05. The van der Waals surface area contributed by atoms with E-state index in [0.717, 1.165) is 54.9 Å². The van der Waals surface area contributed by atoms with Crippen LogP contribution in [0.2, 0.25) is 0 Å². The number of urea groups is 1. The minimum atomic E-state index is -0.869. The lowest BCUT2D eigenvalue weighted by molar-refractivity contribution is -0.126. The third kappa shape index (κ3) is 18.1. The maximum atomic E-state index is 13.4. The quantitative estimate of drug-likeness (QED) is 0.0293. The average molecular weight is 907 g/mol. The van der Waals surface area contributed by atoms with Crippen LogP contribution < -0.4 is 38.1 Å². The Bertz CT molecular complexity index is 2240. The number of pyridine rings is 1. The number of anilines is 2. The highest BCUT2D eigenvalue weighted by atomic mass is 16.5. The number of allylic oxidation sites excluding steroid dienone is 1. The van der Waals surface area contributed by atoms with Crippen molar-refractivity contribution in [3.05, 3.63) is 100 Å². The summed E-state index contributed by atoms with van der Waals surface area (Å²) in [6.07, 6.45) is 13.8. The normalized spacial score (nSPS) is 12.4. The number of unbranched alkanes of at least 4 members (excludes halogenated alkanes) is 3. The molecular formula is C48H62N10O8. The van der Waals surface area contributed by atoms with E-state index in [1.165, 1.54) is 16.5 Å². The summed E-state index contributed by atoms with van der Waals surface area (Å²) in [5.74, 6) is -0.804.